The van der Waals surface area contributed by atoms with Crippen LogP contribution in [0.5, 0.6) is 0 Å². The fraction of sp³-hybridized carbons (Fsp3) is 1.00. The van der Waals surface area contributed by atoms with Gasteiger partial charge >= 0.3 is 0 Å². The van der Waals surface area contributed by atoms with Gasteiger partial charge in [-0.2, -0.15) is 30.4 Å². The van der Waals surface area contributed by atoms with Gasteiger partial charge in [-0.1, -0.05) is 26.0 Å². The van der Waals surface area contributed by atoms with E-state index in [4.69, 9.17) is 25.3 Å². The maximum Gasteiger partial charge on any atom is 0.112 e. The van der Waals surface area contributed by atoms with E-state index in [1.807, 2.05) is 0 Å². The molecule has 1 fully saturated rings. The van der Waals surface area contributed by atoms with Crippen molar-refractivity contribution in [3.63, 3.8) is 0 Å². The molecule has 1 saturated carbocycles. The lowest BCUT2D eigenvalue weighted by atomic mass is 9.79. The maximum absolute atomic E-state index is 5.08. The van der Waals surface area contributed by atoms with Crippen LogP contribution in [0.3, 0.4) is 0 Å². The lowest BCUT2D eigenvalue weighted by Gasteiger charge is -2.36. The van der Waals surface area contributed by atoms with Crippen molar-refractivity contribution >= 4 is 33.1 Å². The Hall–Kier alpha value is 0.165. The molecule has 0 aromatic carbocycles. The molecular weight excluding hydrogens is 309 g/mol. The lowest BCUT2D eigenvalue weighted by molar-refractivity contribution is 0.0900. The molecule has 1 heterocycles. The largest absolute Gasteiger partial charge is 0.268 e. The number of hydrogen-bond acceptors (Lipinski definition) is 5. The lowest BCUT2D eigenvalue weighted by Crippen LogP contribution is -2.46. The van der Waals surface area contributed by atoms with E-state index in [-0.39, 0.29) is 20.3 Å². The summed E-state index contributed by atoms with van der Waals surface area (Å²) in [6, 6.07) is 0.703. The summed E-state index contributed by atoms with van der Waals surface area (Å²) in [6.45, 7) is 13.4. The van der Waals surface area contributed by atoms with Gasteiger partial charge in [0.25, 0.3) is 0 Å². The van der Waals surface area contributed by atoms with Gasteiger partial charge in [-0.05, 0) is 51.8 Å². The summed E-state index contributed by atoms with van der Waals surface area (Å²) in [6.07, 6.45) is 4.26. The first-order chi connectivity index (χ1) is 9.96. The van der Waals surface area contributed by atoms with Crippen molar-refractivity contribution in [2.75, 3.05) is 0 Å². The Labute approximate surface area is 148 Å². The summed E-state index contributed by atoms with van der Waals surface area (Å²) >= 11 is 10.1. The zero-order valence-corrected chi connectivity index (χ0v) is 17.0. The Morgan fingerprint density at radius 3 is 2.18 bits per heavy atom. The molecule has 3 nitrogen and oxygen atoms in total. The van der Waals surface area contributed by atoms with Gasteiger partial charge in [-0.15, -0.1) is 0 Å². The van der Waals surface area contributed by atoms with Crippen LogP contribution in [0.2, 0.25) is 5.31 Å². The highest BCUT2D eigenvalue weighted by Crippen LogP contribution is 2.79. The highest BCUT2D eigenvalue weighted by Gasteiger charge is 2.76. The predicted octanol–water partition coefficient (Wildman–Crippen LogP) is 3.97. The molecule has 5 atom stereocenters. The van der Waals surface area contributed by atoms with E-state index in [0.29, 0.717) is 12.1 Å². The molecular formula is C16H32BN3S2. The summed E-state index contributed by atoms with van der Waals surface area (Å²) in [7, 11) is 2.30. The molecule has 22 heavy (non-hydrogen) atoms. The highest BCUT2D eigenvalue weighted by molar-refractivity contribution is 7.88. The Morgan fingerprint density at radius 2 is 1.77 bits per heavy atom. The molecule has 0 radical (unpaired) electrons. The van der Waals surface area contributed by atoms with Gasteiger partial charge in [0.05, 0.1) is 17.6 Å². The van der Waals surface area contributed by atoms with Crippen LogP contribution in [0.4, 0.5) is 0 Å². The summed E-state index contributed by atoms with van der Waals surface area (Å²) in [5.74, 6) is 0. The zero-order chi connectivity index (χ0) is 17.0. The first kappa shape index (κ1) is 18.5. The van der Waals surface area contributed by atoms with Gasteiger partial charge in [-0.3, -0.25) is 5.01 Å². The minimum atomic E-state index is 0.00228. The number of rotatable bonds is 5. The quantitative estimate of drug-likeness (QED) is 0.575. The number of thiol groups is 2. The van der Waals surface area contributed by atoms with Crippen molar-refractivity contribution in [2.24, 2.45) is 10.3 Å². The second-order valence-electron chi connectivity index (χ2n) is 8.50. The van der Waals surface area contributed by atoms with E-state index in [2.05, 4.69) is 64.7 Å². The van der Waals surface area contributed by atoms with Gasteiger partial charge in [0, 0.05) is 9.49 Å². The first-order valence-corrected chi connectivity index (χ1v) is 9.50. The predicted molar refractivity (Wildman–Crippen MR) is 104 cm³/mol. The molecule has 0 amide bonds. The highest BCUT2D eigenvalue weighted by atomic mass is 32.1. The van der Waals surface area contributed by atoms with Crippen LogP contribution >= 0.6 is 25.3 Å². The monoisotopic (exact) mass is 341 g/mol. The molecule has 2 aliphatic rings. The standard InChI is InChI=1S/C16H32BN3S2/c1-7-11-12(20(19-18-11)13(3,4)5)9-10-16(22)14(6,17)15(16,21)8-2/h11-12,21-22H,7-10,17H2,1-6H3/t11?,12?,14-,15?,16?/m1/s1. The van der Waals surface area contributed by atoms with E-state index in [1.165, 1.54) is 0 Å². The number of nitrogens with zero attached hydrogens (tertiary/aromatic N) is 3. The minimum Gasteiger partial charge on any atom is -0.268 e. The molecule has 1 aliphatic carbocycles. The fourth-order valence-corrected chi connectivity index (χ4v) is 5.67. The van der Waals surface area contributed by atoms with Crippen molar-refractivity contribution < 1.29 is 0 Å². The molecule has 0 bridgehead atoms. The fourth-order valence-electron chi connectivity index (χ4n) is 4.35. The van der Waals surface area contributed by atoms with E-state index in [1.54, 1.807) is 0 Å². The van der Waals surface area contributed by atoms with Gasteiger partial charge in [0.2, 0.25) is 0 Å². The van der Waals surface area contributed by atoms with Crippen LogP contribution in [0, 0.1) is 0 Å². The molecule has 0 aromatic rings. The molecule has 126 valence electrons. The average Bonchev–Trinajstić information content (AvgIpc) is 2.76. The third-order valence-corrected chi connectivity index (χ3v) is 8.76. The summed E-state index contributed by atoms with van der Waals surface area (Å²) in [5, 5.41) is 11.4. The molecule has 0 N–H and O–H groups in total. The number of hydrogen-bond donors (Lipinski definition) is 2. The second-order valence-corrected chi connectivity index (χ2v) is 10.0. The van der Waals surface area contributed by atoms with Crippen LogP contribution < -0.4 is 0 Å². The average molecular weight is 341 g/mol. The topological polar surface area (TPSA) is 28.0 Å². The van der Waals surface area contributed by atoms with Crippen molar-refractivity contribution in [1.82, 2.24) is 5.01 Å². The summed E-state index contributed by atoms with van der Waals surface area (Å²) < 4.78 is 0.0343. The Kier molecular flexibility index (Phi) is 4.72. The van der Waals surface area contributed by atoms with Crippen LogP contribution in [-0.4, -0.2) is 40.0 Å². The van der Waals surface area contributed by atoms with E-state index in [0.717, 1.165) is 25.7 Å². The Morgan fingerprint density at radius 1 is 1.18 bits per heavy atom. The molecule has 4 unspecified atom stereocenters. The van der Waals surface area contributed by atoms with Gasteiger partial charge in [-0.25, -0.2) is 0 Å². The minimum absolute atomic E-state index is 0.00228. The molecule has 0 aromatic heterocycles. The second kappa shape index (κ2) is 5.61. The van der Waals surface area contributed by atoms with Crippen LogP contribution in [0.15, 0.2) is 10.3 Å². The first-order valence-electron chi connectivity index (χ1n) is 8.61. The third kappa shape index (κ3) is 2.43. The van der Waals surface area contributed by atoms with E-state index < -0.39 is 0 Å². The van der Waals surface area contributed by atoms with Crippen LogP contribution in [0.25, 0.3) is 0 Å². The SMILES string of the molecule is B[C@]1(C)C(S)(CC)C1(S)CCC1C(CC)N=NN1C(C)(C)C. The summed E-state index contributed by atoms with van der Waals surface area (Å²) in [5.41, 5.74) is 0.0176. The third-order valence-electron chi connectivity index (χ3n) is 6.16. The van der Waals surface area contributed by atoms with Crippen molar-refractivity contribution in [2.45, 2.75) is 99.7 Å². The molecule has 0 spiro atoms. The zero-order valence-electron chi connectivity index (χ0n) is 15.2. The van der Waals surface area contributed by atoms with E-state index in [9.17, 15) is 0 Å². The van der Waals surface area contributed by atoms with Gasteiger partial charge in [0.15, 0.2) is 0 Å². The maximum atomic E-state index is 5.08. The molecule has 2 rings (SSSR count). The Bertz CT molecular complexity index is 463. The van der Waals surface area contributed by atoms with Crippen molar-refractivity contribution in [3.8, 4) is 0 Å². The molecule has 6 heteroatoms. The molecule has 0 saturated heterocycles. The van der Waals surface area contributed by atoms with Crippen molar-refractivity contribution in [3.05, 3.63) is 0 Å². The van der Waals surface area contributed by atoms with Gasteiger partial charge < -0.3 is 0 Å². The van der Waals surface area contributed by atoms with Crippen molar-refractivity contribution in [1.29, 1.82) is 0 Å². The Balaban J connectivity index is 2.10. The summed E-state index contributed by atoms with van der Waals surface area (Å²) in [4.78, 5) is 0. The van der Waals surface area contributed by atoms with Gasteiger partial charge in [0.1, 0.15) is 7.85 Å². The normalized spacial score (nSPS) is 44.6. The van der Waals surface area contributed by atoms with Crippen LogP contribution in [0.1, 0.15) is 67.2 Å². The molecule has 1 aliphatic heterocycles. The van der Waals surface area contributed by atoms with E-state index >= 15 is 0 Å². The smallest absolute Gasteiger partial charge is 0.112 e. The van der Waals surface area contributed by atoms with Crippen LogP contribution in [-0.2, 0) is 0 Å².